The number of anilines is 1. The molecule has 0 aliphatic carbocycles. The van der Waals surface area contributed by atoms with Crippen molar-refractivity contribution in [3.05, 3.63) is 54.6 Å². The zero-order valence-corrected chi connectivity index (χ0v) is 21.9. The van der Waals surface area contributed by atoms with Gasteiger partial charge in [-0.1, -0.05) is 30.0 Å². The zero-order chi connectivity index (χ0) is 25.1. The average Bonchev–Trinajstić information content (AvgIpc) is 3.59. The van der Waals surface area contributed by atoms with Crippen LogP contribution in [-0.2, 0) is 21.9 Å². The van der Waals surface area contributed by atoms with Gasteiger partial charge in [0, 0.05) is 57.6 Å². The van der Waals surface area contributed by atoms with Gasteiger partial charge in [-0.2, -0.15) is 4.31 Å². The van der Waals surface area contributed by atoms with E-state index in [0.29, 0.717) is 47.8 Å². The molecule has 2 aromatic carbocycles. The summed E-state index contributed by atoms with van der Waals surface area (Å²) >= 11 is 1.37. The molecular formula is C25H30N6O3S2. The topological polar surface area (TPSA) is 91.6 Å². The Morgan fingerprint density at radius 2 is 1.56 bits per heavy atom. The van der Waals surface area contributed by atoms with Crippen molar-refractivity contribution in [3.8, 4) is 11.4 Å². The predicted octanol–water partition coefficient (Wildman–Crippen LogP) is 2.71. The van der Waals surface area contributed by atoms with E-state index in [1.54, 1.807) is 24.3 Å². The number of rotatable bonds is 7. The standard InChI is InChI=1S/C25H30N6O3S2/c1-28-24(20-9-11-22(12-10-20)36(33,34)31-13-5-6-14-31)26-27-25(28)35-19-23(32)30-17-15-29(16-18-30)21-7-3-2-4-8-21/h2-4,7-12H,5-6,13-19H2,1H3. The summed E-state index contributed by atoms with van der Waals surface area (Å²) in [6.07, 6.45) is 1.81. The number of hydrogen-bond donors (Lipinski definition) is 0. The minimum Gasteiger partial charge on any atom is -0.368 e. The second-order valence-electron chi connectivity index (χ2n) is 8.99. The number of sulfonamides is 1. The summed E-state index contributed by atoms with van der Waals surface area (Å²) in [4.78, 5) is 17.3. The Kier molecular flexibility index (Phi) is 7.31. The summed E-state index contributed by atoms with van der Waals surface area (Å²) < 4.78 is 28.9. The number of thioether (sulfide) groups is 1. The van der Waals surface area contributed by atoms with Crippen LogP contribution in [0.4, 0.5) is 5.69 Å². The second-order valence-corrected chi connectivity index (χ2v) is 11.9. The van der Waals surface area contributed by atoms with Gasteiger partial charge in [0.15, 0.2) is 11.0 Å². The third-order valence-electron chi connectivity index (χ3n) is 6.73. The SMILES string of the molecule is Cn1c(SCC(=O)N2CCN(c3ccccc3)CC2)nnc1-c1ccc(S(=O)(=O)N2CCCC2)cc1. The lowest BCUT2D eigenvalue weighted by atomic mass is 10.2. The van der Waals surface area contributed by atoms with Crippen LogP contribution in [0.25, 0.3) is 11.4 Å². The number of carbonyl (C=O) groups excluding carboxylic acids is 1. The van der Waals surface area contributed by atoms with Gasteiger partial charge in [-0.15, -0.1) is 10.2 Å². The minimum absolute atomic E-state index is 0.0914. The molecule has 3 heterocycles. The first-order chi connectivity index (χ1) is 17.4. The zero-order valence-electron chi connectivity index (χ0n) is 20.3. The van der Waals surface area contributed by atoms with E-state index in [1.807, 2.05) is 34.7 Å². The van der Waals surface area contributed by atoms with Crippen LogP contribution < -0.4 is 4.90 Å². The average molecular weight is 527 g/mol. The normalized spacial score (nSPS) is 17.0. The second kappa shape index (κ2) is 10.6. The van der Waals surface area contributed by atoms with E-state index in [9.17, 15) is 13.2 Å². The molecule has 2 aliphatic heterocycles. The van der Waals surface area contributed by atoms with Gasteiger partial charge in [0.2, 0.25) is 15.9 Å². The van der Waals surface area contributed by atoms with E-state index in [2.05, 4.69) is 27.2 Å². The number of hydrogen-bond acceptors (Lipinski definition) is 7. The van der Waals surface area contributed by atoms with E-state index < -0.39 is 10.0 Å². The minimum atomic E-state index is -3.45. The largest absolute Gasteiger partial charge is 0.368 e. The molecule has 9 nitrogen and oxygen atoms in total. The molecule has 0 atom stereocenters. The Balaban J connectivity index is 1.17. The van der Waals surface area contributed by atoms with Crippen LogP contribution in [0.1, 0.15) is 12.8 Å². The molecule has 0 unspecified atom stereocenters. The molecule has 1 amide bonds. The Bertz CT molecular complexity index is 1300. The van der Waals surface area contributed by atoms with Crippen molar-refractivity contribution in [2.45, 2.75) is 22.9 Å². The quantitative estimate of drug-likeness (QED) is 0.437. The number of carbonyl (C=O) groups is 1. The highest BCUT2D eigenvalue weighted by Crippen LogP contribution is 2.26. The maximum atomic E-state index is 12.8. The highest BCUT2D eigenvalue weighted by atomic mass is 32.2. The van der Waals surface area contributed by atoms with Crippen molar-refractivity contribution in [1.29, 1.82) is 0 Å². The summed E-state index contributed by atoms with van der Waals surface area (Å²) in [7, 11) is -1.59. The van der Waals surface area contributed by atoms with Crippen LogP contribution in [0.2, 0.25) is 0 Å². The summed E-state index contributed by atoms with van der Waals surface area (Å²) in [6.45, 7) is 4.19. The van der Waals surface area contributed by atoms with Crippen LogP contribution in [0.15, 0.2) is 64.6 Å². The monoisotopic (exact) mass is 526 g/mol. The maximum Gasteiger partial charge on any atom is 0.243 e. The van der Waals surface area contributed by atoms with Gasteiger partial charge in [-0.3, -0.25) is 4.79 Å². The number of piperazine rings is 1. The first-order valence-electron chi connectivity index (χ1n) is 12.1. The van der Waals surface area contributed by atoms with E-state index in [-0.39, 0.29) is 5.91 Å². The van der Waals surface area contributed by atoms with E-state index in [4.69, 9.17) is 0 Å². The van der Waals surface area contributed by atoms with Crippen molar-refractivity contribution in [3.63, 3.8) is 0 Å². The molecule has 0 N–H and O–H groups in total. The molecule has 0 bridgehead atoms. The van der Waals surface area contributed by atoms with Crippen molar-refractivity contribution in [1.82, 2.24) is 24.0 Å². The van der Waals surface area contributed by atoms with Gasteiger partial charge in [-0.25, -0.2) is 8.42 Å². The van der Waals surface area contributed by atoms with Crippen molar-refractivity contribution in [2.24, 2.45) is 7.05 Å². The lowest BCUT2D eigenvalue weighted by Gasteiger charge is -2.36. The first-order valence-corrected chi connectivity index (χ1v) is 14.6. The fourth-order valence-electron chi connectivity index (χ4n) is 4.62. The van der Waals surface area contributed by atoms with Crippen LogP contribution in [0.5, 0.6) is 0 Å². The lowest BCUT2D eigenvalue weighted by molar-refractivity contribution is -0.128. The van der Waals surface area contributed by atoms with Gasteiger partial charge in [0.1, 0.15) is 0 Å². The Labute approximate surface area is 216 Å². The number of amides is 1. The maximum absolute atomic E-state index is 12.8. The molecule has 0 saturated carbocycles. The predicted molar refractivity (Wildman–Crippen MR) is 140 cm³/mol. The van der Waals surface area contributed by atoms with Gasteiger partial charge in [0.05, 0.1) is 10.6 Å². The van der Waals surface area contributed by atoms with Crippen LogP contribution in [0, 0.1) is 0 Å². The summed E-state index contributed by atoms with van der Waals surface area (Å²) in [6, 6.07) is 17.0. The van der Waals surface area contributed by atoms with Crippen LogP contribution in [0.3, 0.4) is 0 Å². The summed E-state index contributed by atoms with van der Waals surface area (Å²) in [5.41, 5.74) is 1.97. The molecule has 5 rings (SSSR count). The number of aromatic nitrogens is 3. The van der Waals surface area contributed by atoms with Crippen molar-refractivity contribution < 1.29 is 13.2 Å². The van der Waals surface area contributed by atoms with E-state index in [1.165, 1.54) is 21.8 Å². The van der Waals surface area contributed by atoms with E-state index in [0.717, 1.165) is 31.5 Å². The Morgan fingerprint density at radius 1 is 0.889 bits per heavy atom. The Morgan fingerprint density at radius 3 is 2.22 bits per heavy atom. The third-order valence-corrected chi connectivity index (χ3v) is 9.65. The molecule has 0 radical (unpaired) electrons. The molecule has 11 heteroatoms. The number of benzene rings is 2. The molecule has 3 aromatic rings. The van der Waals surface area contributed by atoms with Crippen molar-refractivity contribution in [2.75, 3.05) is 49.9 Å². The van der Waals surface area contributed by atoms with Crippen LogP contribution in [-0.4, -0.2) is 83.3 Å². The highest BCUT2D eigenvalue weighted by molar-refractivity contribution is 7.99. The first kappa shape index (κ1) is 24.8. The van der Waals surface area contributed by atoms with Gasteiger partial charge in [-0.05, 0) is 49.2 Å². The molecule has 0 spiro atoms. The molecule has 2 fully saturated rings. The fourth-order valence-corrected chi connectivity index (χ4v) is 6.95. The van der Waals surface area contributed by atoms with Gasteiger partial charge >= 0.3 is 0 Å². The lowest BCUT2D eigenvalue weighted by Crippen LogP contribution is -2.49. The smallest absolute Gasteiger partial charge is 0.243 e. The molecule has 2 aliphatic rings. The fraction of sp³-hybridized carbons (Fsp3) is 0.400. The summed E-state index contributed by atoms with van der Waals surface area (Å²) in [5.74, 6) is 1.02. The Hall–Kier alpha value is -2.89. The molecule has 190 valence electrons. The van der Waals surface area contributed by atoms with Crippen molar-refractivity contribution >= 4 is 33.4 Å². The van der Waals surface area contributed by atoms with E-state index >= 15 is 0 Å². The molecule has 2 saturated heterocycles. The molecule has 1 aromatic heterocycles. The number of nitrogens with zero attached hydrogens (tertiary/aromatic N) is 6. The third kappa shape index (κ3) is 5.14. The molecular weight excluding hydrogens is 496 g/mol. The summed E-state index contributed by atoms with van der Waals surface area (Å²) in [5, 5.41) is 9.20. The van der Waals surface area contributed by atoms with Gasteiger partial charge < -0.3 is 14.4 Å². The highest BCUT2D eigenvalue weighted by Gasteiger charge is 2.27. The number of para-hydroxylation sites is 1. The van der Waals surface area contributed by atoms with Gasteiger partial charge in [0.25, 0.3) is 0 Å². The molecule has 36 heavy (non-hydrogen) atoms. The van der Waals surface area contributed by atoms with Crippen LogP contribution >= 0.6 is 11.8 Å².